The molecular weight excluding hydrogens is 607 g/mol. The van der Waals surface area contributed by atoms with E-state index in [0.29, 0.717) is 0 Å². The molecule has 1 aliphatic carbocycles. The van der Waals surface area contributed by atoms with Crippen LogP contribution in [0.15, 0.2) is 180 Å². The molecule has 50 heavy (non-hydrogen) atoms. The van der Waals surface area contributed by atoms with Crippen LogP contribution in [0, 0.1) is 0 Å². The van der Waals surface area contributed by atoms with Crippen molar-refractivity contribution in [3.8, 4) is 61.3 Å². The van der Waals surface area contributed by atoms with E-state index in [9.17, 15) is 0 Å². The van der Waals surface area contributed by atoms with Gasteiger partial charge in [0.05, 0.1) is 11.0 Å². The van der Waals surface area contributed by atoms with Gasteiger partial charge in [-0.2, -0.15) is 0 Å². The van der Waals surface area contributed by atoms with Crippen molar-refractivity contribution in [3.05, 3.63) is 176 Å². The number of fused-ring (bicyclic) bond motifs is 14. The van der Waals surface area contributed by atoms with Crippen molar-refractivity contribution in [1.29, 1.82) is 0 Å². The summed E-state index contributed by atoms with van der Waals surface area (Å²) in [5.74, 6) is 0. The first-order chi connectivity index (χ1) is 24.8. The van der Waals surface area contributed by atoms with Gasteiger partial charge in [0.15, 0.2) is 0 Å². The molecule has 232 valence electrons. The third kappa shape index (κ3) is 3.85. The Hall–Kier alpha value is -6.64. The summed E-state index contributed by atoms with van der Waals surface area (Å²) in [4.78, 5) is 0. The Kier molecular flexibility index (Phi) is 5.70. The molecule has 11 rings (SSSR count). The van der Waals surface area contributed by atoms with Crippen molar-refractivity contribution in [2.24, 2.45) is 0 Å². The fourth-order valence-electron chi connectivity index (χ4n) is 8.38. The molecule has 2 aromatic heterocycles. The van der Waals surface area contributed by atoms with E-state index in [1.165, 1.54) is 66.3 Å². The summed E-state index contributed by atoms with van der Waals surface area (Å²) < 4.78 is 8.88. The van der Waals surface area contributed by atoms with Gasteiger partial charge in [-0.15, -0.1) is 0 Å². The highest BCUT2D eigenvalue weighted by Crippen LogP contribution is 2.48. The Labute approximate surface area is 289 Å². The Morgan fingerprint density at radius 2 is 0.840 bits per heavy atom. The quantitative estimate of drug-likeness (QED) is 0.185. The van der Waals surface area contributed by atoms with Crippen LogP contribution >= 0.6 is 0 Å². The van der Waals surface area contributed by atoms with E-state index in [4.69, 9.17) is 4.42 Å². The fraction of sp³-hybridized carbons (Fsp3) is 0. The summed E-state index contributed by atoms with van der Waals surface area (Å²) in [5, 5.41) is 4.74. The number of rotatable bonds is 2. The van der Waals surface area contributed by atoms with Gasteiger partial charge in [-0.3, -0.25) is 0 Å². The average Bonchev–Trinajstić information content (AvgIpc) is 3.73. The molecule has 2 heteroatoms. The molecule has 8 aromatic carbocycles. The highest BCUT2D eigenvalue weighted by atomic mass is 16.3. The predicted octanol–water partition coefficient (Wildman–Crippen LogP) is 13.3. The molecule has 0 bridgehead atoms. The second kappa shape index (κ2) is 10.4. The first kappa shape index (κ1) is 27.3. The molecule has 0 N–H and O–H groups in total. The van der Waals surface area contributed by atoms with E-state index in [0.717, 1.165) is 38.8 Å². The SMILES string of the molecule is c1ccc2c(c1)-c1ccccc1-c1ccc(-n3c4ccccc4c4cc(-c5cccc6c5oc5ccccc56)ccc43)cc1-c1ccccc1-2. The monoisotopic (exact) mass is 635 g/mol. The van der Waals surface area contributed by atoms with Crippen molar-refractivity contribution in [2.45, 2.75) is 0 Å². The third-order valence-corrected chi connectivity index (χ3v) is 10.6. The lowest BCUT2D eigenvalue weighted by molar-refractivity contribution is 0.670. The number of para-hydroxylation sites is 3. The number of benzene rings is 8. The van der Waals surface area contributed by atoms with Crippen LogP contribution in [0.1, 0.15) is 0 Å². The van der Waals surface area contributed by atoms with Crippen LogP contribution in [0.5, 0.6) is 0 Å². The van der Waals surface area contributed by atoms with Crippen LogP contribution < -0.4 is 0 Å². The van der Waals surface area contributed by atoms with E-state index >= 15 is 0 Å². The lowest BCUT2D eigenvalue weighted by atomic mass is 9.81. The molecule has 0 unspecified atom stereocenters. The molecule has 0 aliphatic heterocycles. The zero-order chi connectivity index (χ0) is 32.8. The number of aromatic nitrogens is 1. The summed E-state index contributed by atoms with van der Waals surface area (Å²) in [6.45, 7) is 0. The Morgan fingerprint density at radius 1 is 0.320 bits per heavy atom. The molecule has 10 aromatic rings. The van der Waals surface area contributed by atoms with Crippen LogP contribution in [0.2, 0.25) is 0 Å². The molecule has 0 spiro atoms. The Balaban J connectivity index is 1.16. The van der Waals surface area contributed by atoms with Gasteiger partial charge in [-0.05, 0) is 86.5 Å². The zero-order valence-electron chi connectivity index (χ0n) is 27.1. The molecule has 0 amide bonds. The first-order valence-corrected chi connectivity index (χ1v) is 17.2. The normalized spacial score (nSPS) is 12.0. The zero-order valence-corrected chi connectivity index (χ0v) is 27.1. The molecule has 0 radical (unpaired) electrons. The topological polar surface area (TPSA) is 18.1 Å². The van der Waals surface area contributed by atoms with E-state index in [2.05, 4.69) is 168 Å². The summed E-state index contributed by atoms with van der Waals surface area (Å²) in [6, 6.07) is 63.9. The van der Waals surface area contributed by atoms with Crippen molar-refractivity contribution in [1.82, 2.24) is 4.57 Å². The van der Waals surface area contributed by atoms with E-state index in [1.54, 1.807) is 0 Å². The number of hydrogen-bond acceptors (Lipinski definition) is 1. The third-order valence-electron chi connectivity index (χ3n) is 10.6. The maximum atomic E-state index is 6.45. The van der Waals surface area contributed by atoms with Crippen molar-refractivity contribution in [2.75, 3.05) is 0 Å². The number of furan rings is 1. The van der Waals surface area contributed by atoms with Crippen molar-refractivity contribution in [3.63, 3.8) is 0 Å². The smallest absolute Gasteiger partial charge is 0.143 e. The predicted molar refractivity (Wildman–Crippen MR) is 209 cm³/mol. The molecule has 0 fully saturated rings. The molecule has 0 saturated carbocycles. The Morgan fingerprint density at radius 3 is 1.54 bits per heavy atom. The largest absolute Gasteiger partial charge is 0.455 e. The van der Waals surface area contributed by atoms with E-state index in [1.807, 2.05) is 12.1 Å². The van der Waals surface area contributed by atoms with Gasteiger partial charge >= 0.3 is 0 Å². The second-order valence-electron chi connectivity index (χ2n) is 13.2. The maximum absolute atomic E-state index is 6.45. The van der Waals surface area contributed by atoms with Crippen molar-refractivity contribution >= 4 is 43.7 Å². The first-order valence-electron chi connectivity index (χ1n) is 17.2. The minimum Gasteiger partial charge on any atom is -0.455 e. The van der Waals surface area contributed by atoms with Gasteiger partial charge in [-0.25, -0.2) is 0 Å². The van der Waals surface area contributed by atoms with Crippen LogP contribution in [0.25, 0.3) is 105 Å². The highest BCUT2D eigenvalue weighted by molar-refractivity contribution is 6.13. The summed E-state index contributed by atoms with van der Waals surface area (Å²) in [5.41, 5.74) is 17.6. The van der Waals surface area contributed by atoms with E-state index in [-0.39, 0.29) is 0 Å². The minimum atomic E-state index is 0.916. The summed E-state index contributed by atoms with van der Waals surface area (Å²) in [6.07, 6.45) is 0. The van der Waals surface area contributed by atoms with Crippen LogP contribution in [0.4, 0.5) is 0 Å². The van der Waals surface area contributed by atoms with Crippen molar-refractivity contribution < 1.29 is 4.42 Å². The summed E-state index contributed by atoms with van der Waals surface area (Å²) >= 11 is 0. The van der Waals surface area contributed by atoms with Gasteiger partial charge in [0.2, 0.25) is 0 Å². The van der Waals surface area contributed by atoms with Gasteiger partial charge in [-0.1, -0.05) is 140 Å². The van der Waals surface area contributed by atoms with Gasteiger partial charge in [0.1, 0.15) is 11.2 Å². The molecule has 2 heterocycles. The van der Waals surface area contributed by atoms with E-state index < -0.39 is 0 Å². The molecule has 1 aliphatic rings. The molecule has 0 saturated heterocycles. The second-order valence-corrected chi connectivity index (χ2v) is 13.2. The standard InChI is InChI=1S/C48H29NO/c1-2-13-34-33(12-1)35-14-3-4-16-37(35)39-26-25-31(29-43(39)38-17-6-5-15-36(34)38)49-45-22-9-7-18-40(45)44-28-30(24-27-46(44)49)32-20-11-21-42-41-19-8-10-23-47(41)50-48(32)42/h1-29H. The van der Waals surface area contributed by atoms with Crippen LogP contribution in [-0.4, -0.2) is 4.57 Å². The molecule has 2 nitrogen and oxygen atoms in total. The average molecular weight is 636 g/mol. The Bertz CT molecular complexity index is 2990. The van der Waals surface area contributed by atoms with Crippen LogP contribution in [0.3, 0.4) is 0 Å². The summed E-state index contributed by atoms with van der Waals surface area (Å²) in [7, 11) is 0. The molecular formula is C48H29NO. The number of nitrogens with zero attached hydrogens (tertiary/aromatic N) is 1. The van der Waals surface area contributed by atoms with Gasteiger partial charge in [0, 0.05) is 32.8 Å². The van der Waals surface area contributed by atoms with Gasteiger partial charge < -0.3 is 8.98 Å². The fourth-order valence-corrected chi connectivity index (χ4v) is 8.38. The maximum Gasteiger partial charge on any atom is 0.143 e. The van der Waals surface area contributed by atoms with Crippen LogP contribution in [-0.2, 0) is 0 Å². The van der Waals surface area contributed by atoms with Gasteiger partial charge in [0.25, 0.3) is 0 Å². The molecule has 0 atom stereocenters. The number of hydrogen-bond donors (Lipinski definition) is 0. The lowest BCUT2D eigenvalue weighted by Gasteiger charge is -2.23. The highest BCUT2D eigenvalue weighted by Gasteiger charge is 2.23. The lowest BCUT2D eigenvalue weighted by Crippen LogP contribution is -1.99. The minimum absolute atomic E-state index is 0.916.